The Morgan fingerprint density at radius 1 is 1.12 bits per heavy atom. The van der Waals surface area contributed by atoms with Gasteiger partial charge in [-0.15, -0.1) is 0 Å². The van der Waals surface area contributed by atoms with Crippen LogP contribution in [0.4, 0.5) is 0 Å². The number of hydrogen-bond donors (Lipinski definition) is 0. The van der Waals surface area contributed by atoms with Crippen LogP contribution in [-0.4, -0.2) is 69.8 Å². The molecule has 7 heteroatoms. The van der Waals surface area contributed by atoms with E-state index in [2.05, 4.69) is 53.1 Å². The van der Waals surface area contributed by atoms with Crippen molar-refractivity contribution in [2.45, 2.75) is 58.9 Å². The lowest BCUT2D eigenvalue weighted by molar-refractivity contribution is -0.134. The van der Waals surface area contributed by atoms with Crippen LogP contribution in [0.1, 0.15) is 51.5 Å². The molecule has 2 aliphatic rings. The Balaban J connectivity index is 1.43. The fraction of sp³-hybridized carbons (Fsp3) is 0.654. The molecule has 0 radical (unpaired) electrons. The van der Waals surface area contributed by atoms with E-state index >= 15 is 0 Å². The maximum absolute atomic E-state index is 12.8. The minimum Gasteiger partial charge on any atom is -0.492 e. The van der Waals surface area contributed by atoms with Crippen molar-refractivity contribution in [3.63, 3.8) is 0 Å². The molecule has 0 bridgehead atoms. The zero-order chi connectivity index (χ0) is 23.1. The molecule has 33 heavy (non-hydrogen) atoms. The zero-order valence-corrected chi connectivity index (χ0v) is 20.3. The van der Waals surface area contributed by atoms with Gasteiger partial charge in [-0.25, -0.2) is 9.67 Å². The molecule has 1 amide bonds. The Labute approximate surface area is 198 Å². The van der Waals surface area contributed by atoms with Gasteiger partial charge in [0.1, 0.15) is 31.6 Å². The minimum absolute atomic E-state index is 0.146. The molecule has 0 atom stereocenters. The van der Waals surface area contributed by atoms with Crippen LogP contribution in [0.3, 0.4) is 0 Å². The Bertz CT molecular complexity index is 875. The number of likely N-dealkylation sites (tertiary alicyclic amines) is 1. The lowest BCUT2D eigenvalue weighted by Crippen LogP contribution is -2.49. The van der Waals surface area contributed by atoms with E-state index in [0.717, 1.165) is 64.3 Å². The quantitative estimate of drug-likeness (QED) is 0.707. The van der Waals surface area contributed by atoms with Crippen LogP contribution in [0.15, 0.2) is 36.9 Å². The Morgan fingerprint density at radius 3 is 2.70 bits per heavy atom. The molecule has 2 aliphatic heterocycles. The monoisotopic (exact) mass is 453 g/mol. The van der Waals surface area contributed by atoms with Gasteiger partial charge in [0.25, 0.3) is 0 Å². The van der Waals surface area contributed by atoms with Crippen LogP contribution in [0.5, 0.6) is 5.75 Å². The number of fused-ring (bicyclic) bond motifs is 1. The number of carbonyl (C=O) groups is 1. The number of benzene rings is 1. The van der Waals surface area contributed by atoms with Crippen molar-refractivity contribution in [1.29, 1.82) is 0 Å². The molecule has 1 aromatic carbocycles. The summed E-state index contributed by atoms with van der Waals surface area (Å²) in [6.07, 6.45) is 9.94. The predicted octanol–water partition coefficient (Wildman–Crippen LogP) is 3.65. The van der Waals surface area contributed by atoms with Crippen molar-refractivity contribution in [3.05, 3.63) is 42.5 Å². The summed E-state index contributed by atoms with van der Waals surface area (Å²) in [4.78, 5) is 21.4. The summed E-state index contributed by atoms with van der Waals surface area (Å²) in [6, 6.07) is 8.51. The normalized spacial score (nSPS) is 20.0. The number of para-hydroxylation sites is 1. The van der Waals surface area contributed by atoms with E-state index in [1.54, 1.807) is 11.0 Å². The Hall–Kier alpha value is -2.41. The summed E-state index contributed by atoms with van der Waals surface area (Å²) < 4.78 is 7.85. The molecule has 4 rings (SSSR count). The van der Waals surface area contributed by atoms with E-state index in [9.17, 15) is 4.79 Å². The molecule has 1 saturated heterocycles. The topological polar surface area (TPSA) is 63.5 Å². The number of hydrogen-bond acceptors (Lipinski definition) is 5. The first-order valence-electron chi connectivity index (χ1n) is 12.6. The van der Waals surface area contributed by atoms with Gasteiger partial charge in [-0.05, 0) is 55.1 Å². The van der Waals surface area contributed by atoms with Crippen LogP contribution in [-0.2, 0) is 17.8 Å². The maximum Gasteiger partial charge on any atom is 0.244 e. The molecule has 1 aromatic heterocycles. The van der Waals surface area contributed by atoms with Gasteiger partial charge in [-0.1, -0.05) is 38.5 Å². The molecular weight excluding hydrogens is 414 g/mol. The highest BCUT2D eigenvalue weighted by Gasteiger charge is 2.37. The zero-order valence-electron chi connectivity index (χ0n) is 20.3. The number of amides is 1. The minimum atomic E-state index is 0.146. The van der Waals surface area contributed by atoms with Gasteiger partial charge in [-0.3, -0.25) is 9.69 Å². The van der Waals surface area contributed by atoms with Crippen molar-refractivity contribution < 1.29 is 9.53 Å². The summed E-state index contributed by atoms with van der Waals surface area (Å²) in [5.74, 6) is 1.82. The molecular formula is C26H39N5O2. The van der Waals surface area contributed by atoms with Crippen molar-refractivity contribution in [3.8, 4) is 5.75 Å². The van der Waals surface area contributed by atoms with Crippen LogP contribution in [0.2, 0.25) is 0 Å². The number of rotatable bonds is 4. The van der Waals surface area contributed by atoms with Crippen LogP contribution in [0, 0.1) is 11.3 Å². The lowest BCUT2D eigenvalue weighted by Gasteiger charge is -2.45. The van der Waals surface area contributed by atoms with Crippen molar-refractivity contribution in [2.24, 2.45) is 11.3 Å². The summed E-state index contributed by atoms with van der Waals surface area (Å²) >= 11 is 0. The second kappa shape index (κ2) is 11.1. The standard InChI is InChI=1S/C26H39N5O2/c1-22(2)17-29-15-16-33-24-9-4-3-7-23(24)8-5-6-10-26(19-29)11-13-30(14-12-26)25(32)18-31-21-27-20-28-31/h3-4,7,9,20-22H,5-6,8,10-19H2,1-2H3. The van der Waals surface area contributed by atoms with Crippen LogP contribution in [0.25, 0.3) is 0 Å². The second-order valence-electron chi connectivity index (χ2n) is 10.3. The van der Waals surface area contributed by atoms with Gasteiger partial charge in [0, 0.05) is 32.7 Å². The maximum atomic E-state index is 12.8. The average molecular weight is 454 g/mol. The fourth-order valence-corrected chi connectivity index (χ4v) is 5.45. The number of aromatic nitrogens is 3. The number of nitrogens with zero attached hydrogens (tertiary/aromatic N) is 5. The molecule has 0 N–H and O–H groups in total. The molecule has 180 valence electrons. The van der Waals surface area contributed by atoms with E-state index in [4.69, 9.17) is 4.74 Å². The average Bonchev–Trinajstić information content (AvgIpc) is 3.30. The smallest absolute Gasteiger partial charge is 0.244 e. The summed E-state index contributed by atoms with van der Waals surface area (Å²) in [6.45, 7) is 10.4. The SMILES string of the molecule is CC(C)CN1CCOc2ccccc2CCCCC2(CCN(C(=O)Cn3cncn3)CC2)C1. The number of aryl methyl sites for hydroxylation is 1. The first-order valence-corrected chi connectivity index (χ1v) is 12.6. The molecule has 1 spiro atoms. The van der Waals surface area contributed by atoms with Gasteiger partial charge >= 0.3 is 0 Å². The summed E-state index contributed by atoms with van der Waals surface area (Å²) in [5, 5.41) is 4.09. The highest BCUT2D eigenvalue weighted by atomic mass is 16.5. The molecule has 0 aliphatic carbocycles. The second-order valence-corrected chi connectivity index (χ2v) is 10.3. The molecule has 7 nitrogen and oxygen atoms in total. The largest absolute Gasteiger partial charge is 0.492 e. The van der Waals surface area contributed by atoms with Gasteiger partial charge in [0.2, 0.25) is 5.91 Å². The van der Waals surface area contributed by atoms with Gasteiger partial charge in [-0.2, -0.15) is 5.10 Å². The predicted molar refractivity (Wildman–Crippen MR) is 129 cm³/mol. The van der Waals surface area contributed by atoms with Crippen molar-refractivity contribution in [2.75, 3.05) is 39.3 Å². The molecule has 2 aromatic rings. The third kappa shape index (κ3) is 6.56. The van der Waals surface area contributed by atoms with Crippen LogP contribution >= 0.6 is 0 Å². The van der Waals surface area contributed by atoms with Gasteiger partial charge in [0.05, 0.1) is 0 Å². The third-order valence-corrected chi connectivity index (χ3v) is 7.16. The first-order chi connectivity index (χ1) is 16.0. The van der Waals surface area contributed by atoms with Gasteiger partial charge in [0.15, 0.2) is 0 Å². The fourth-order valence-electron chi connectivity index (χ4n) is 5.45. The summed E-state index contributed by atoms with van der Waals surface area (Å²) in [7, 11) is 0. The van der Waals surface area contributed by atoms with E-state index in [0.29, 0.717) is 5.92 Å². The molecule has 3 heterocycles. The third-order valence-electron chi connectivity index (χ3n) is 7.16. The Kier molecular flexibility index (Phi) is 8.02. The summed E-state index contributed by atoms with van der Waals surface area (Å²) in [5.41, 5.74) is 1.61. The van der Waals surface area contributed by atoms with E-state index in [1.165, 1.54) is 31.2 Å². The number of carbonyl (C=O) groups excluding carboxylic acids is 1. The van der Waals surface area contributed by atoms with Crippen molar-refractivity contribution >= 4 is 5.91 Å². The molecule has 0 unspecified atom stereocenters. The van der Waals surface area contributed by atoms with Crippen LogP contribution < -0.4 is 4.74 Å². The number of ether oxygens (including phenoxy) is 1. The van der Waals surface area contributed by atoms with E-state index < -0.39 is 0 Å². The lowest BCUT2D eigenvalue weighted by atomic mass is 9.73. The van der Waals surface area contributed by atoms with E-state index in [-0.39, 0.29) is 17.9 Å². The highest BCUT2D eigenvalue weighted by molar-refractivity contribution is 5.76. The molecule has 1 fully saturated rings. The highest BCUT2D eigenvalue weighted by Crippen LogP contribution is 2.38. The first kappa shape index (κ1) is 23.7. The number of piperidine rings is 1. The van der Waals surface area contributed by atoms with E-state index in [1.807, 2.05) is 4.90 Å². The molecule has 0 saturated carbocycles. The Morgan fingerprint density at radius 2 is 1.94 bits per heavy atom. The van der Waals surface area contributed by atoms with Gasteiger partial charge < -0.3 is 9.64 Å². The van der Waals surface area contributed by atoms with Crippen molar-refractivity contribution in [1.82, 2.24) is 24.6 Å².